The van der Waals surface area contributed by atoms with Gasteiger partial charge in [-0.15, -0.1) is 11.3 Å². The molecule has 1 heterocycles. The van der Waals surface area contributed by atoms with Crippen LogP contribution < -0.4 is 0 Å². The minimum atomic E-state index is -0.806. The summed E-state index contributed by atoms with van der Waals surface area (Å²) in [5, 5.41) is 17.1. The molecule has 0 aliphatic carbocycles. The van der Waals surface area contributed by atoms with E-state index in [1.807, 2.05) is 12.1 Å². The average Bonchev–Trinajstić information content (AvgIpc) is 2.63. The molecule has 0 aliphatic rings. The van der Waals surface area contributed by atoms with Crippen LogP contribution >= 0.6 is 11.3 Å². The number of carboxylic acids is 2. The van der Waals surface area contributed by atoms with E-state index in [1.54, 1.807) is 0 Å². The predicted molar refractivity (Wildman–Crippen MR) is 65.5 cm³/mol. The third kappa shape index (κ3) is 6.06. The highest BCUT2D eigenvalue weighted by Crippen LogP contribution is 2.19. The van der Waals surface area contributed by atoms with Crippen molar-refractivity contribution in [3.8, 4) is 0 Å². The zero-order valence-electron chi connectivity index (χ0n) is 9.52. The molecule has 0 unspecified atom stereocenters. The molecule has 0 saturated heterocycles. The summed E-state index contributed by atoms with van der Waals surface area (Å²) >= 11 is 1.53. The number of hydrogen-bond acceptors (Lipinski definition) is 3. The van der Waals surface area contributed by atoms with E-state index in [0.717, 1.165) is 24.1 Å². The normalized spacial score (nSPS) is 10.4. The van der Waals surface area contributed by atoms with Crippen molar-refractivity contribution in [2.45, 2.75) is 38.5 Å². The lowest BCUT2D eigenvalue weighted by atomic mass is 10.1. The number of thiophene rings is 1. The van der Waals surface area contributed by atoms with Crippen molar-refractivity contribution in [2.75, 3.05) is 0 Å². The van der Waals surface area contributed by atoms with Crippen molar-refractivity contribution in [2.24, 2.45) is 0 Å². The number of hydrogen-bond donors (Lipinski definition) is 2. The molecule has 0 radical (unpaired) electrons. The van der Waals surface area contributed by atoms with Crippen LogP contribution in [0.4, 0.5) is 0 Å². The van der Waals surface area contributed by atoms with Crippen molar-refractivity contribution in [3.63, 3.8) is 0 Å². The Labute approximate surface area is 104 Å². The van der Waals surface area contributed by atoms with E-state index >= 15 is 0 Å². The van der Waals surface area contributed by atoms with E-state index in [2.05, 4.69) is 0 Å². The van der Waals surface area contributed by atoms with Crippen LogP contribution in [-0.2, 0) is 22.4 Å². The summed E-state index contributed by atoms with van der Waals surface area (Å²) in [6.07, 6.45) is 3.80. The van der Waals surface area contributed by atoms with Gasteiger partial charge in [-0.2, -0.15) is 0 Å². The molecule has 0 aliphatic heterocycles. The zero-order valence-corrected chi connectivity index (χ0v) is 10.3. The quantitative estimate of drug-likeness (QED) is 0.701. The third-order valence-electron chi connectivity index (χ3n) is 2.36. The van der Waals surface area contributed by atoms with Crippen molar-refractivity contribution >= 4 is 23.3 Å². The summed E-state index contributed by atoms with van der Waals surface area (Å²) in [7, 11) is 0. The second kappa shape index (κ2) is 7.06. The lowest BCUT2D eigenvalue weighted by molar-refractivity contribution is -0.137. The Morgan fingerprint density at radius 1 is 1.00 bits per heavy atom. The van der Waals surface area contributed by atoms with Gasteiger partial charge in [-0.25, -0.2) is 0 Å². The minimum absolute atomic E-state index is 0.0870. The SMILES string of the molecule is O=C(O)CCCCCc1ccc(CC(=O)O)s1. The molecule has 0 atom stereocenters. The van der Waals surface area contributed by atoms with Crippen molar-refractivity contribution < 1.29 is 19.8 Å². The second-order valence-electron chi connectivity index (χ2n) is 3.89. The first-order chi connectivity index (χ1) is 8.08. The smallest absolute Gasteiger partial charge is 0.308 e. The number of rotatable bonds is 8. The van der Waals surface area contributed by atoms with Gasteiger partial charge in [0.05, 0.1) is 6.42 Å². The summed E-state index contributed by atoms with van der Waals surface area (Å²) in [4.78, 5) is 22.8. The van der Waals surface area contributed by atoms with Crippen molar-refractivity contribution in [3.05, 3.63) is 21.9 Å². The van der Waals surface area contributed by atoms with Gasteiger partial charge in [0.1, 0.15) is 0 Å². The van der Waals surface area contributed by atoms with Gasteiger partial charge in [-0.1, -0.05) is 6.42 Å². The van der Waals surface area contributed by atoms with E-state index in [0.29, 0.717) is 6.42 Å². The highest BCUT2D eigenvalue weighted by molar-refractivity contribution is 7.12. The van der Waals surface area contributed by atoms with Gasteiger partial charge in [0.25, 0.3) is 0 Å². The summed E-state index contributed by atoms with van der Waals surface area (Å²) in [6, 6.07) is 3.81. The highest BCUT2D eigenvalue weighted by atomic mass is 32.1. The topological polar surface area (TPSA) is 74.6 Å². The maximum atomic E-state index is 10.5. The minimum Gasteiger partial charge on any atom is -0.481 e. The van der Waals surface area contributed by atoms with Crippen LogP contribution in [0.5, 0.6) is 0 Å². The molecule has 0 spiro atoms. The van der Waals surface area contributed by atoms with Gasteiger partial charge in [0.2, 0.25) is 0 Å². The van der Waals surface area contributed by atoms with E-state index in [9.17, 15) is 9.59 Å². The van der Waals surface area contributed by atoms with Crippen LogP contribution in [-0.4, -0.2) is 22.2 Å². The standard InChI is InChI=1S/C12H16O4S/c13-11(14)5-3-1-2-4-9-6-7-10(17-9)8-12(15)16/h6-7H,1-5,8H2,(H,13,14)(H,15,16). The molecule has 2 N–H and O–H groups in total. The fraction of sp³-hybridized carbons (Fsp3) is 0.500. The third-order valence-corrected chi connectivity index (χ3v) is 3.50. The monoisotopic (exact) mass is 256 g/mol. The van der Waals surface area contributed by atoms with Gasteiger partial charge in [0.15, 0.2) is 0 Å². The van der Waals surface area contributed by atoms with Gasteiger partial charge in [-0.05, 0) is 31.4 Å². The molecule has 0 aromatic carbocycles. The Balaban J connectivity index is 2.21. The van der Waals surface area contributed by atoms with Crippen LogP contribution in [0.3, 0.4) is 0 Å². The van der Waals surface area contributed by atoms with E-state index in [4.69, 9.17) is 10.2 Å². The van der Waals surface area contributed by atoms with E-state index < -0.39 is 11.9 Å². The first-order valence-corrected chi connectivity index (χ1v) is 6.41. The summed E-state index contributed by atoms with van der Waals surface area (Å²) in [5.74, 6) is -1.55. The molecule has 0 saturated carbocycles. The molecule has 1 rings (SSSR count). The lowest BCUT2D eigenvalue weighted by Crippen LogP contribution is -1.97. The highest BCUT2D eigenvalue weighted by Gasteiger charge is 2.04. The van der Waals surface area contributed by atoms with Crippen LogP contribution in [0.25, 0.3) is 0 Å². The molecule has 0 bridgehead atoms. The maximum absolute atomic E-state index is 10.5. The van der Waals surface area contributed by atoms with Crippen LogP contribution in [0.2, 0.25) is 0 Å². The summed E-state index contributed by atoms with van der Waals surface area (Å²) < 4.78 is 0. The lowest BCUT2D eigenvalue weighted by Gasteiger charge is -1.97. The molecule has 5 heteroatoms. The van der Waals surface area contributed by atoms with Gasteiger partial charge in [-0.3, -0.25) is 9.59 Å². The van der Waals surface area contributed by atoms with E-state index in [-0.39, 0.29) is 12.8 Å². The Morgan fingerprint density at radius 2 is 1.71 bits per heavy atom. The molecule has 4 nitrogen and oxygen atoms in total. The number of unbranched alkanes of at least 4 members (excludes halogenated alkanes) is 2. The number of carboxylic acid groups (broad SMARTS) is 2. The maximum Gasteiger partial charge on any atom is 0.308 e. The Morgan fingerprint density at radius 3 is 2.35 bits per heavy atom. The largest absolute Gasteiger partial charge is 0.481 e. The first-order valence-electron chi connectivity index (χ1n) is 5.59. The van der Waals surface area contributed by atoms with Crippen LogP contribution in [0.15, 0.2) is 12.1 Å². The second-order valence-corrected chi connectivity index (χ2v) is 5.15. The van der Waals surface area contributed by atoms with Crippen LogP contribution in [0, 0.1) is 0 Å². The van der Waals surface area contributed by atoms with Gasteiger partial charge < -0.3 is 10.2 Å². The fourth-order valence-electron chi connectivity index (χ4n) is 1.55. The van der Waals surface area contributed by atoms with Crippen molar-refractivity contribution in [1.29, 1.82) is 0 Å². The summed E-state index contributed by atoms with van der Waals surface area (Å²) in [5.41, 5.74) is 0. The molecule has 94 valence electrons. The van der Waals surface area contributed by atoms with E-state index in [1.165, 1.54) is 16.2 Å². The fourth-order valence-corrected chi connectivity index (χ4v) is 2.60. The van der Waals surface area contributed by atoms with Crippen LogP contribution in [0.1, 0.15) is 35.4 Å². The molecule has 0 fully saturated rings. The Bertz CT molecular complexity index is 384. The molecule has 1 aromatic rings. The zero-order chi connectivity index (χ0) is 12.7. The predicted octanol–water partition coefficient (Wildman–Crippen LogP) is 2.56. The Kier molecular flexibility index (Phi) is 5.69. The Hall–Kier alpha value is -1.36. The number of aryl methyl sites for hydroxylation is 1. The molecular weight excluding hydrogens is 240 g/mol. The van der Waals surface area contributed by atoms with Gasteiger partial charge >= 0.3 is 11.9 Å². The number of aliphatic carboxylic acids is 2. The molecule has 17 heavy (non-hydrogen) atoms. The average molecular weight is 256 g/mol. The molecule has 1 aromatic heterocycles. The molecular formula is C12H16O4S. The van der Waals surface area contributed by atoms with Gasteiger partial charge in [0, 0.05) is 16.2 Å². The number of carbonyl (C=O) groups is 2. The molecule has 0 amide bonds. The first kappa shape index (κ1) is 13.7. The van der Waals surface area contributed by atoms with Crippen molar-refractivity contribution in [1.82, 2.24) is 0 Å². The summed E-state index contributed by atoms with van der Waals surface area (Å²) in [6.45, 7) is 0.